The third kappa shape index (κ3) is 3.76. The molecule has 0 radical (unpaired) electrons. The Labute approximate surface area is 140 Å². The highest BCUT2D eigenvalue weighted by Gasteiger charge is 2.10. The normalized spacial score (nSPS) is 13.7. The van der Waals surface area contributed by atoms with E-state index in [-0.39, 0.29) is 12.3 Å². The molecule has 0 unspecified atom stereocenters. The van der Waals surface area contributed by atoms with Crippen molar-refractivity contribution in [2.45, 2.75) is 19.3 Å². The average Bonchev–Trinajstić information content (AvgIpc) is 3.02. The number of nitrogens with zero attached hydrogens (tertiary/aromatic N) is 4. The first-order valence-electron chi connectivity index (χ1n) is 7.68. The maximum Gasteiger partial charge on any atom is 0.229 e. The van der Waals surface area contributed by atoms with Gasteiger partial charge in [-0.3, -0.25) is 9.48 Å². The Hall–Kier alpha value is -3.20. The van der Waals surface area contributed by atoms with Gasteiger partial charge in [-0.15, -0.1) is 0 Å². The summed E-state index contributed by atoms with van der Waals surface area (Å²) < 4.78 is 1.73. The van der Waals surface area contributed by atoms with Crippen LogP contribution in [0.3, 0.4) is 0 Å². The monoisotopic (exact) mass is 319 g/mol. The van der Waals surface area contributed by atoms with E-state index < -0.39 is 0 Å². The van der Waals surface area contributed by atoms with E-state index in [1.54, 1.807) is 29.2 Å². The van der Waals surface area contributed by atoms with E-state index in [4.69, 9.17) is 5.26 Å². The van der Waals surface area contributed by atoms with E-state index >= 15 is 0 Å². The molecule has 0 fully saturated rings. The number of allylic oxidation sites excluding steroid dienone is 3. The molecule has 2 aromatic heterocycles. The minimum Gasteiger partial charge on any atom is -0.310 e. The first-order chi connectivity index (χ1) is 11.6. The van der Waals surface area contributed by atoms with Crippen molar-refractivity contribution in [3.63, 3.8) is 0 Å². The lowest BCUT2D eigenvalue weighted by Gasteiger charge is -2.09. The van der Waals surface area contributed by atoms with Gasteiger partial charge in [-0.25, -0.2) is 4.98 Å². The smallest absolute Gasteiger partial charge is 0.229 e. The summed E-state index contributed by atoms with van der Waals surface area (Å²) in [6, 6.07) is 5.82. The number of nitrogens with one attached hydrogen (secondary N) is 1. The summed E-state index contributed by atoms with van der Waals surface area (Å²) in [7, 11) is 1.86. The quantitative estimate of drug-likeness (QED) is 0.939. The lowest BCUT2D eigenvalue weighted by atomic mass is 9.98. The number of hydrogen-bond acceptors (Lipinski definition) is 4. The first-order valence-corrected chi connectivity index (χ1v) is 7.68. The summed E-state index contributed by atoms with van der Waals surface area (Å²) in [5.41, 5.74) is 3.52. The van der Waals surface area contributed by atoms with Gasteiger partial charge in [0.25, 0.3) is 0 Å². The predicted molar refractivity (Wildman–Crippen MR) is 90.7 cm³/mol. The third-order valence-electron chi connectivity index (χ3n) is 3.76. The van der Waals surface area contributed by atoms with Gasteiger partial charge >= 0.3 is 0 Å². The van der Waals surface area contributed by atoms with Crippen LogP contribution in [-0.4, -0.2) is 20.7 Å². The maximum atomic E-state index is 12.1. The van der Waals surface area contributed by atoms with Crippen LogP contribution in [0.5, 0.6) is 0 Å². The zero-order valence-corrected chi connectivity index (χ0v) is 13.4. The van der Waals surface area contributed by atoms with Crippen molar-refractivity contribution in [1.29, 1.82) is 5.26 Å². The van der Waals surface area contributed by atoms with Crippen LogP contribution in [0.4, 0.5) is 5.82 Å². The molecule has 1 aliphatic rings. The molecule has 2 aromatic rings. The summed E-state index contributed by atoms with van der Waals surface area (Å²) in [5, 5.41) is 15.8. The van der Waals surface area contributed by atoms with Crippen LogP contribution >= 0.6 is 0 Å². The van der Waals surface area contributed by atoms with E-state index in [0.29, 0.717) is 5.82 Å². The number of carbonyl (C=O) groups excluding carboxylic acids is 1. The number of pyridine rings is 1. The second-order valence-corrected chi connectivity index (χ2v) is 5.66. The highest BCUT2D eigenvalue weighted by Crippen LogP contribution is 2.21. The molecule has 0 spiro atoms. The molecule has 0 saturated heterocycles. The van der Waals surface area contributed by atoms with Crippen molar-refractivity contribution in [2.75, 3.05) is 5.32 Å². The Kier molecular flexibility index (Phi) is 4.52. The predicted octanol–water partition coefficient (Wildman–Crippen LogP) is 2.98. The fraction of sp³-hybridized carbons (Fsp3) is 0.222. The lowest BCUT2D eigenvalue weighted by molar-refractivity contribution is -0.115. The standard InChI is InChI=1S/C18H17N5O/c1-23-12-16(11-21-23)15-5-6-17(20-10-15)22-18(24)8-13-3-2-4-14(7-13)9-19/h3,5-7,10-12H,2,4,8H2,1H3,(H,20,22,24). The SMILES string of the molecule is Cn1cc(-c2ccc(NC(=O)CC3=CCCC(C#N)=C3)nc2)cn1. The van der Waals surface area contributed by atoms with Crippen LogP contribution in [0.15, 0.2) is 54.0 Å². The summed E-state index contributed by atoms with van der Waals surface area (Å²) in [5.74, 6) is 0.367. The summed E-state index contributed by atoms with van der Waals surface area (Å²) in [6.07, 6.45) is 11.0. The molecule has 0 aliphatic heterocycles. The van der Waals surface area contributed by atoms with Gasteiger partial charge in [0, 0.05) is 36.1 Å². The van der Waals surface area contributed by atoms with Crippen LogP contribution < -0.4 is 5.32 Å². The van der Waals surface area contributed by atoms with Crippen molar-refractivity contribution in [2.24, 2.45) is 7.05 Å². The van der Waals surface area contributed by atoms with Crippen LogP contribution in [0.1, 0.15) is 19.3 Å². The second-order valence-electron chi connectivity index (χ2n) is 5.66. The van der Waals surface area contributed by atoms with E-state index in [1.807, 2.05) is 25.4 Å². The van der Waals surface area contributed by atoms with Gasteiger partial charge in [-0.2, -0.15) is 10.4 Å². The van der Waals surface area contributed by atoms with Crippen LogP contribution in [0.2, 0.25) is 0 Å². The van der Waals surface area contributed by atoms with Gasteiger partial charge in [0.1, 0.15) is 5.82 Å². The van der Waals surface area contributed by atoms with Gasteiger partial charge in [0.05, 0.1) is 18.7 Å². The average molecular weight is 319 g/mol. The third-order valence-corrected chi connectivity index (χ3v) is 3.76. The Morgan fingerprint density at radius 1 is 1.38 bits per heavy atom. The topological polar surface area (TPSA) is 83.6 Å². The molecule has 0 atom stereocenters. The van der Waals surface area contributed by atoms with Crippen LogP contribution in [0, 0.1) is 11.3 Å². The summed E-state index contributed by atoms with van der Waals surface area (Å²) in [4.78, 5) is 16.4. The molecule has 0 aromatic carbocycles. The minimum atomic E-state index is -0.140. The number of hydrogen-bond donors (Lipinski definition) is 1. The van der Waals surface area contributed by atoms with Gasteiger partial charge in [0.2, 0.25) is 5.91 Å². The van der Waals surface area contributed by atoms with Crippen molar-refractivity contribution in [3.8, 4) is 17.2 Å². The molecule has 6 heteroatoms. The largest absolute Gasteiger partial charge is 0.310 e. The molecular formula is C18H17N5O. The van der Waals surface area contributed by atoms with E-state index in [9.17, 15) is 4.79 Å². The number of anilines is 1. The highest BCUT2D eigenvalue weighted by molar-refractivity contribution is 5.92. The number of rotatable bonds is 4. The molecule has 3 rings (SSSR count). The van der Waals surface area contributed by atoms with Crippen molar-refractivity contribution < 1.29 is 4.79 Å². The fourth-order valence-electron chi connectivity index (χ4n) is 2.56. The minimum absolute atomic E-state index is 0.140. The molecule has 0 bridgehead atoms. The fourth-order valence-corrected chi connectivity index (χ4v) is 2.56. The Bertz CT molecular complexity index is 852. The van der Waals surface area contributed by atoms with Gasteiger partial charge in [0.15, 0.2) is 0 Å². The zero-order valence-electron chi connectivity index (χ0n) is 13.4. The van der Waals surface area contributed by atoms with Crippen molar-refractivity contribution in [1.82, 2.24) is 14.8 Å². The molecule has 1 amide bonds. The number of amides is 1. The molecule has 2 heterocycles. The van der Waals surface area contributed by atoms with Crippen LogP contribution in [-0.2, 0) is 11.8 Å². The van der Waals surface area contributed by atoms with Gasteiger partial charge in [-0.1, -0.05) is 6.08 Å². The second kappa shape index (κ2) is 6.92. The maximum absolute atomic E-state index is 12.1. The summed E-state index contributed by atoms with van der Waals surface area (Å²) in [6.45, 7) is 0. The van der Waals surface area contributed by atoms with Crippen molar-refractivity contribution >= 4 is 11.7 Å². The van der Waals surface area contributed by atoms with Crippen molar-refractivity contribution in [3.05, 3.63) is 54.0 Å². The number of aromatic nitrogens is 3. The molecule has 0 saturated carbocycles. The van der Waals surface area contributed by atoms with Crippen LogP contribution in [0.25, 0.3) is 11.1 Å². The Morgan fingerprint density at radius 2 is 2.25 bits per heavy atom. The van der Waals surface area contributed by atoms with E-state index in [2.05, 4.69) is 21.5 Å². The number of aryl methyl sites for hydroxylation is 1. The molecule has 24 heavy (non-hydrogen) atoms. The zero-order chi connectivity index (χ0) is 16.9. The Morgan fingerprint density at radius 3 is 2.92 bits per heavy atom. The van der Waals surface area contributed by atoms with Gasteiger partial charge < -0.3 is 5.32 Å². The van der Waals surface area contributed by atoms with E-state index in [1.165, 1.54) is 0 Å². The summed E-state index contributed by atoms with van der Waals surface area (Å²) >= 11 is 0. The van der Waals surface area contributed by atoms with Gasteiger partial charge in [-0.05, 0) is 36.6 Å². The first kappa shape index (κ1) is 15.7. The molecule has 6 nitrogen and oxygen atoms in total. The van der Waals surface area contributed by atoms with E-state index in [0.717, 1.165) is 35.1 Å². The number of carbonyl (C=O) groups is 1. The number of nitriles is 1. The molecule has 1 aliphatic carbocycles. The lowest BCUT2D eigenvalue weighted by Crippen LogP contribution is -2.13. The Balaban J connectivity index is 1.62. The highest BCUT2D eigenvalue weighted by atomic mass is 16.1. The molecule has 120 valence electrons. The molecular weight excluding hydrogens is 302 g/mol. The molecule has 1 N–H and O–H groups in total.